The van der Waals surface area contributed by atoms with Crippen LogP contribution in [-0.4, -0.2) is 15.2 Å². The van der Waals surface area contributed by atoms with Gasteiger partial charge in [-0.2, -0.15) is 0 Å². The van der Waals surface area contributed by atoms with Crippen molar-refractivity contribution in [3.05, 3.63) is 23.8 Å². The second-order valence-electron chi connectivity index (χ2n) is 2.87. The fourth-order valence-corrected chi connectivity index (χ4v) is 2.19. The van der Waals surface area contributed by atoms with Gasteiger partial charge < -0.3 is 9.47 Å². The van der Waals surface area contributed by atoms with Crippen molar-refractivity contribution >= 4 is 19.7 Å². The normalized spacial score (nSPS) is 14.4. The van der Waals surface area contributed by atoms with Gasteiger partial charge in [-0.15, -0.1) is 0 Å². The van der Waals surface area contributed by atoms with E-state index in [-0.39, 0.29) is 12.5 Å². The molecule has 0 N–H and O–H groups in total. The third kappa shape index (κ3) is 2.10. The molecular formula is C8H7ClO4S. The van der Waals surface area contributed by atoms with Gasteiger partial charge in [0.15, 0.2) is 11.5 Å². The zero-order valence-electron chi connectivity index (χ0n) is 7.07. The molecule has 2 rings (SSSR count). The van der Waals surface area contributed by atoms with Gasteiger partial charge in [-0.05, 0) is 17.7 Å². The molecule has 0 bridgehead atoms. The summed E-state index contributed by atoms with van der Waals surface area (Å²) in [6.45, 7) is 0.173. The molecule has 0 fully saturated rings. The Kier molecular flexibility index (Phi) is 2.28. The maximum Gasteiger partial charge on any atom is 0.236 e. The number of hydrogen-bond acceptors (Lipinski definition) is 4. The standard InChI is InChI=1S/C8H7ClO4S/c9-14(10,11)4-6-1-2-7-8(3-6)13-5-12-7/h1-3H,4-5H2. The minimum Gasteiger partial charge on any atom is -0.454 e. The number of halogens is 1. The van der Waals surface area contributed by atoms with E-state index in [1.807, 2.05) is 0 Å². The molecule has 0 spiro atoms. The predicted octanol–water partition coefficient (Wildman–Crippen LogP) is 1.48. The molecule has 1 aromatic rings. The molecule has 6 heteroatoms. The Bertz CT molecular complexity index is 454. The quantitative estimate of drug-likeness (QED) is 0.728. The third-order valence-electron chi connectivity index (χ3n) is 1.78. The summed E-state index contributed by atoms with van der Waals surface area (Å²) in [6.07, 6.45) is 0. The summed E-state index contributed by atoms with van der Waals surface area (Å²) in [7, 11) is 1.60. The average Bonchev–Trinajstić information content (AvgIpc) is 2.47. The summed E-state index contributed by atoms with van der Waals surface area (Å²) in [5.74, 6) is 0.981. The van der Waals surface area contributed by atoms with Crippen molar-refractivity contribution in [1.29, 1.82) is 0 Å². The van der Waals surface area contributed by atoms with Gasteiger partial charge in [0.25, 0.3) is 0 Å². The summed E-state index contributed by atoms with van der Waals surface area (Å²) in [4.78, 5) is 0. The molecule has 0 atom stereocenters. The van der Waals surface area contributed by atoms with E-state index in [0.717, 1.165) is 0 Å². The molecular weight excluding hydrogens is 228 g/mol. The van der Waals surface area contributed by atoms with Gasteiger partial charge in [0.2, 0.25) is 15.8 Å². The molecule has 76 valence electrons. The van der Waals surface area contributed by atoms with Crippen LogP contribution in [0.1, 0.15) is 5.56 Å². The van der Waals surface area contributed by atoms with Crippen LogP contribution in [0.3, 0.4) is 0 Å². The van der Waals surface area contributed by atoms with Crippen molar-refractivity contribution in [3.8, 4) is 11.5 Å². The minimum absolute atomic E-state index is 0.173. The first-order valence-corrected chi connectivity index (χ1v) is 6.33. The summed E-state index contributed by atoms with van der Waals surface area (Å²) in [5.41, 5.74) is 0.587. The molecule has 1 aliphatic heterocycles. The van der Waals surface area contributed by atoms with Gasteiger partial charge in [0.1, 0.15) is 0 Å². The van der Waals surface area contributed by atoms with E-state index in [2.05, 4.69) is 0 Å². The lowest BCUT2D eigenvalue weighted by atomic mass is 10.2. The second kappa shape index (κ2) is 3.33. The summed E-state index contributed by atoms with van der Waals surface area (Å²) >= 11 is 0. The van der Waals surface area contributed by atoms with Crippen LogP contribution in [0.15, 0.2) is 18.2 Å². The summed E-state index contributed by atoms with van der Waals surface area (Å²) in [6, 6.07) is 4.93. The van der Waals surface area contributed by atoms with Crippen LogP contribution < -0.4 is 9.47 Å². The van der Waals surface area contributed by atoms with Crippen molar-refractivity contribution in [2.75, 3.05) is 6.79 Å². The van der Waals surface area contributed by atoms with Crippen molar-refractivity contribution < 1.29 is 17.9 Å². The van der Waals surface area contributed by atoms with Gasteiger partial charge in [-0.1, -0.05) is 6.07 Å². The molecule has 1 aliphatic rings. The van der Waals surface area contributed by atoms with Crippen LogP contribution >= 0.6 is 10.7 Å². The topological polar surface area (TPSA) is 52.6 Å². The van der Waals surface area contributed by atoms with Gasteiger partial charge in [0, 0.05) is 10.7 Å². The van der Waals surface area contributed by atoms with Crippen LogP contribution in [0.5, 0.6) is 11.5 Å². The zero-order chi connectivity index (χ0) is 10.2. The smallest absolute Gasteiger partial charge is 0.236 e. The molecule has 0 aliphatic carbocycles. The van der Waals surface area contributed by atoms with Crippen LogP contribution in [0, 0.1) is 0 Å². The van der Waals surface area contributed by atoms with Crippen LogP contribution in [0.25, 0.3) is 0 Å². The first kappa shape index (κ1) is 9.61. The lowest BCUT2D eigenvalue weighted by Crippen LogP contribution is -1.94. The fourth-order valence-electron chi connectivity index (χ4n) is 1.23. The highest BCUT2D eigenvalue weighted by atomic mass is 35.7. The van der Waals surface area contributed by atoms with E-state index in [4.69, 9.17) is 20.2 Å². The van der Waals surface area contributed by atoms with Crippen molar-refractivity contribution in [2.45, 2.75) is 5.75 Å². The Morgan fingerprint density at radius 3 is 2.71 bits per heavy atom. The summed E-state index contributed by atoms with van der Waals surface area (Å²) < 4.78 is 31.8. The first-order chi connectivity index (χ1) is 6.54. The van der Waals surface area contributed by atoms with Gasteiger partial charge >= 0.3 is 0 Å². The van der Waals surface area contributed by atoms with Crippen LogP contribution in [0.2, 0.25) is 0 Å². The maximum absolute atomic E-state index is 10.8. The second-order valence-corrected chi connectivity index (χ2v) is 5.65. The van der Waals surface area contributed by atoms with Crippen LogP contribution in [0.4, 0.5) is 0 Å². The largest absolute Gasteiger partial charge is 0.454 e. The predicted molar refractivity (Wildman–Crippen MR) is 51.0 cm³/mol. The van der Waals surface area contributed by atoms with E-state index >= 15 is 0 Å². The summed E-state index contributed by atoms with van der Waals surface area (Å²) in [5, 5.41) is 0. The zero-order valence-corrected chi connectivity index (χ0v) is 8.64. The van der Waals surface area contributed by atoms with Crippen molar-refractivity contribution in [2.24, 2.45) is 0 Å². The van der Waals surface area contributed by atoms with Gasteiger partial charge in [-0.3, -0.25) is 0 Å². The van der Waals surface area contributed by atoms with E-state index < -0.39 is 9.05 Å². The number of fused-ring (bicyclic) bond motifs is 1. The monoisotopic (exact) mass is 234 g/mol. The molecule has 0 saturated carbocycles. The lowest BCUT2D eigenvalue weighted by Gasteiger charge is -1.99. The third-order valence-corrected chi connectivity index (χ3v) is 2.78. The van der Waals surface area contributed by atoms with Gasteiger partial charge in [-0.25, -0.2) is 8.42 Å². The van der Waals surface area contributed by atoms with Crippen LogP contribution in [-0.2, 0) is 14.8 Å². The maximum atomic E-state index is 10.8. The molecule has 0 amide bonds. The van der Waals surface area contributed by atoms with Gasteiger partial charge in [0.05, 0.1) is 5.75 Å². The van der Waals surface area contributed by atoms with Crippen molar-refractivity contribution in [3.63, 3.8) is 0 Å². The Hall–Kier alpha value is -0.940. The highest BCUT2D eigenvalue weighted by Crippen LogP contribution is 2.33. The average molecular weight is 235 g/mol. The Balaban J connectivity index is 2.29. The Labute approximate surface area is 85.8 Å². The number of rotatable bonds is 2. The molecule has 1 aromatic carbocycles. The SMILES string of the molecule is O=S(=O)(Cl)Cc1ccc2c(c1)OCO2. The van der Waals surface area contributed by atoms with E-state index in [1.165, 1.54) is 0 Å². The Morgan fingerprint density at radius 1 is 1.29 bits per heavy atom. The molecule has 0 saturated heterocycles. The number of benzene rings is 1. The number of ether oxygens (including phenoxy) is 2. The highest BCUT2D eigenvalue weighted by molar-refractivity contribution is 8.13. The molecule has 14 heavy (non-hydrogen) atoms. The van der Waals surface area contributed by atoms with E-state index in [0.29, 0.717) is 17.1 Å². The molecule has 0 aromatic heterocycles. The number of hydrogen-bond donors (Lipinski definition) is 0. The molecule has 0 radical (unpaired) electrons. The molecule has 4 nitrogen and oxygen atoms in total. The fraction of sp³-hybridized carbons (Fsp3) is 0.250. The van der Waals surface area contributed by atoms with E-state index in [9.17, 15) is 8.42 Å². The highest BCUT2D eigenvalue weighted by Gasteiger charge is 2.15. The molecule has 0 unspecified atom stereocenters. The first-order valence-electron chi connectivity index (χ1n) is 3.85. The minimum atomic E-state index is -3.52. The van der Waals surface area contributed by atoms with E-state index in [1.54, 1.807) is 18.2 Å². The Morgan fingerprint density at radius 2 is 2.00 bits per heavy atom. The lowest BCUT2D eigenvalue weighted by molar-refractivity contribution is 0.174. The van der Waals surface area contributed by atoms with Crippen molar-refractivity contribution in [1.82, 2.24) is 0 Å². The molecule has 1 heterocycles.